The second-order valence-electron chi connectivity index (χ2n) is 3.77. The largest absolute Gasteiger partial charge is 0.296 e. The Balaban J connectivity index is 2.38. The van der Waals surface area contributed by atoms with Crippen molar-refractivity contribution in [1.82, 2.24) is 10.2 Å². The highest BCUT2D eigenvalue weighted by Crippen LogP contribution is 2.38. The molecule has 1 aliphatic rings. The van der Waals surface area contributed by atoms with Crippen LogP contribution < -0.4 is 0 Å². The molecule has 0 amide bonds. The van der Waals surface area contributed by atoms with Crippen LogP contribution in [-0.2, 0) is 0 Å². The molecule has 0 radical (unpaired) electrons. The standard InChI is InChI=1S/C11H11F2N2OP/c12-3-7-9(13)2-1-6(11(7)17)8-4-14-15-10(8)5-16/h1-2,4-6,11H,3,17H2,(H,14,15). The van der Waals surface area contributed by atoms with Crippen molar-refractivity contribution in [2.75, 3.05) is 6.67 Å². The normalized spacial score (nSPS) is 24.2. The van der Waals surface area contributed by atoms with Gasteiger partial charge in [0.05, 0.1) is 6.20 Å². The van der Waals surface area contributed by atoms with E-state index in [1.54, 1.807) is 6.08 Å². The molecule has 0 saturated heterocycles. The Morgan fingerprint density at radius 3 is 3.00 bits per heavy atom. The van der Waals surface area contributed by atoms with E-state index in [0.29, 0.717) is 17.5 Å². The van der Waals surface area contributed by atoms with E-state index in [-0.39, 0.29) is 11.5 Å². The summed E-state index contributed by atoms with van der Waals surface area (Å²) in [6.07, 6.45) is 5.01. The first kappa shape index (κ1) is 12.1. The van der Waals surface area contributed by atoms with Crippen molar-refractivity contribution >= 4 is 15.5 Å². The van der Waals surface area contributed by atoms with E-state index >= 15 is 0 Å². The Bertz CT molecular complexity index is 495. The summed E-state index contributed by atoms with van der Waals surface area (Å²) < 4.78 is 26.1. The lowest BCUT2D eigenvalue weighted by Gasteiger charge is -2.25. The molecule has 1 aromatic rings. The van der Waals surface area contributed by atoms with Crippen LogP contribution in [-0.4, -0.2) is 28.8 Å². The molecule has 1 aliphatic carbocycles. The molecule has 1 N–H and O–H groups in total. The third-order valence-electron chi connectivity index (χ3n) is 2.87. The first-order chi connectivity index (χ1) is 8.19. The Morgan fingerprint density at radius 2 is 2.35 bits per heavy atom. The second-order valence-corrected chi connectivity index (χ2v) is 4.49. The van der Waals surface area contributed by atoms with Gasteiger partial charge in [0.25, 0.3) is 0 Å². The van der Waals surface area contributed by atoms with Gasteiger partial charge in [-0.1, -0.05) is 6.08 Å². The molecule has 0 saturated carbocycles. The van der Waals surface area contributed by atoms with Crippen molar-refractivity contribution < 1.29 is 13.6 Å². The minimum Gasteiger partial charge on any atom is -0.296 e. The lowest BCUT2D eigenvalue weighted by molar-refractivity contribution is 0.111. The average molecular weight is 256 g/mol. The number of aldehydes is 1. The van der Waals surface area contributed by atoms with E-state index in [1.165, 1.54) is 12.3 Å². The number of aromatic nitrogens is 2. The summed E-state index contributed by atoms with van der Waals surface area (Å²) in [5.74, 6) is -0.802. The molecule has 17 heavy (non-hydrogen) atoms. The number of rotatable bonds is 3. The van der Waals surface area contributed by atoms with E-state index in [9.17, 15) is 13.6 Å². The molecular formula is C11H11F2N2OP. The monoisotopic (exact) mass is 256 g/mol. The van der Waals surface area contributed by atoms with Crippen molar-refractivity contribution in [2.45, 2.75) is 11.6 Å². The molecule has 6 heteroatoms. The Labute approximate surface area is 99.2 Å². The number of H-pyrrole nitrogens is 1. The van der Waals surface area contributed by atoms with Gasteiger partial charge < -0.3 is 0 Å². The van der Waals surface area contributed by atoms with Crippen molar-refractivity contribution in [3.8, 4) is 0 Å². The van der Waals surface area contributed by atoms with Gasteiger partial charge in [0, 0.05) is 22.7 Å². The lowest BCUT2D eigenvalue weighted by atomic mass is 9.88. The number of carbonyl (C=O) groups is 1. The maximum atomic E-state index is 13.3. The first-order valence-electron chi connectivity index (χ1n) is 5.05. The van der Waals surface area contributed by atoms with Gasteiger partial charge in [-0.3, -0.25) is 9.89 Å². The number of allylic oxidation sites excluding steroid dienone is 4. The highest BCUT2D eigenvalue weighted by molar-refractivity contribution is 7.18. The van der Waals surface area contributed by atoms with E-state index in [4.69, 9.17) is 0 Å². The quantitative estimate of drug-likeness (QED) is 0.666. The summed E-state index contributed by atoms with van der Waals surface area (Å²) in [6, 6.07) is 0. The maximum absolute atomic E-state index is 13.3. The fourth-order valence-electron chi connectivity index (χ4n) is 1.91. The molecule has 3 atom stereocenters. The smallest absolute Gasteiger partial charge is 0.168 e. The second kappa shape index (κ2) is 4.88. The van der Waals surface area contributed by atoms with Gasteiger partial charge in [0.1, 0.15) is 18.2 Å². The Hall–Kier alpha value is -1.35. The number of hydrogen-bond acceptors (Lipinski definition) is 2. The van der Waals surface area contributed by atoms with Gasteiger partial charge in [-0.15, -0.1) is 9.24 Å². The summed E-state index contributed by atoms with van der Waals surface area (Å²) in [4.78, 5) is 10.8. The van der Waals surface area contributed by atoms with Gasteiger partial charge in [0.15, 0.2) is 6.29 Å². The zero-order chi connectivity index (χ0) is 12.4. The van der Waals surface area contributed by atoms with Crippen LogP contribution in [0.4, 0.5) is 8.78 Å². The SMILES string of the molecule is O=Cc1[nH]ncc1C1C=CC(F)=C(CF)C1P. The maximum Gasteiger partial charge on any atom is 0.168 e. The molecule has 0 spiro atoms. The summed E-state index contributed by atoms with van der Waals surface area (Å²) >= 11 is 0. The minimum absolute atomic E-state index is 0.0977. The van der Waals surface area contributed by atoms with Gasteiger partial charge in [-0.05, 0) is 6.08 Å². The third-order valence-corrected chi connectivity index (χ3v) is 3.68. The van der Waals surface area contributed by atoms with Crippen molar-refractivity contribution in [3.63, 3.8) is 0 Å². The number of alkyl halides is 1. The molecule has 0 bridgehead atoms. The van der Waals surface area contributed by atoms with Crippen LogP contribution in [0.15, 0.2) is 29.7 Å². The number of hydrogen-bond donors (Lipinski definition) is 1. The van der Waals surface area contributed by atoms with Crippen molar-refractivity contribution in [2.24, 2.45) is 0 Å². The molecule has 0 aromatic carbocycles. The molecule has 1 heterocycles. The molecule has 3 nitrogen and oxygen atoms in total. The Kier molecular flexibility index (Phi) is 3.48. The van der Waals surface area contributed by atoms with Crippen LogP contribution in [0.5, 0.6) is 0 Å². The zero-order valence-electron chi connectivity index (χ0n) is 8.86. The summed E-state index contributed by atoms with van der Waals surface area (Å²) in [5, 5.41) is 6.32. The Morgan fingerprint density at radius 1 is 1.59 bits per heavy atom. The summed E-state index contributed by atoms with van der Waals surface area (Å²) in [7, 11) is 2.42. The average Bonchev–Trinajstić information content (AvgIpc) is 2.78. The molecule has 1 aromatic heterocycles. The fraction of sp³-hybridized carbons (Fsp3) is 0.273. The highest BCUT2D eigenvalue weighted by Gasteiger charge is 2.28. The lowest BCUT2D eigenvalue weighted by Crippen LogP contribution is -2.19. The fourth-order valence-corrected chi connectivity index (χ4v) is 2.49. The van der Waals surface area contributed by atoms with Crippen molar-refractivity contribution in [3.05, 3.63) is 41.0 Å². The summed E-state index contributed by atoms with van der Waals surface area (Å²) in [6.45, 7) is -0.838. The topological polar surface area (TPSA) is 45.8 Å². The molecule has 0 fully saturated rings. The van der Waals surface area contributed by atoms with E-state index in [1.807, 2.05) is 0 Å². The zero-order valence-corrected chi connectivity index (χ0v) is 10.0. The number of carbonyl (C=O) groups excluding carboxylic acids is 1. The van der Waals surface area contributed by atoms with Crippen LogP contribution in [0.3, 0.4) is 0 Å². The van der Waals surface area contributed by atoms with Crippen LogP contribution in [0.25, 0.3) is 0 Å². The van der Waals surface area contributed by atoms with Gasteiger partial charge in [-0.25, -0.2) is 8.78 Å². The van der Waals surface area contributed by atoms with E-state index in [0.717, 1.165) is 0 Å². The third kappa shape index (κ3) is 2.07. The summed E-state index contributed by atoms with van der Waals surface area (Å²) in [5.41, 5.74) is 0.684. The van der Waals surface area contributed by atoms with E-state index in [2.05, 4.69) is 19.4 Å². The number of halogens is 2. The molecule has 0 aliphatic heterocycles. The molecule has 3 unspecified atom stereocenters. The first-order valence-corrected chi connectivity index (χ1v) is 5.72. The van der Waals surface area contributed by atoms with Crippen LogP contribution in [0.2, 0.25) is 0 Å². The van der Waals surface area contributed by atoms with Crippen LogP contribution in [0, 0.1) is 0 Å². The van der Waals surface area contributed by atoms with Gasteiger partial charge >= 0.3 is 0 Å². The number of nitrogens with zero attached hydrogens (tertiary/aromatic N) is 1. The minimum atomic E-state index is -0.838. The molecule has 2 rings (SSSR count). The van der Waals surface area contributed by atoms with Gasteiger partial charge in [-0.2, -0.15) is 5.10 Å². The van der Waals surface area contributed by atoms with Crippen LogP contribution >= 0.6 is 9.24 Å². The van der Waals surface area contributed by atoms with Crippen molar-refractivity contribution in [1.29, 1.82) is 0 Å². The predicted octanol–water partition coefficient (Wildman–Crippen LogP) is 2.31. The van der Waals surface area contributed by atoms with Crippen LogP contribution in [0.1, 0.15) is 22.0 Å². The van der Waals surface area contributed by atoms with E-state index < -0.39 is 18.2 Å². The predicted molar refractivity (Wildman–Crippen MR) is 63.5 cm³/mol. The van der Waals surface area contributed by atoms with Gasteiger partial charge in [0.2, 0.25) is 0 Å². The highest BCUT2D eigenvalue weighted by atomic mass is 31.0. The molecule has 90 valence electrons. The number of aromatic amines is 1. The number of nitrogens with one attached hydrogen (secondary N) is 1. The molecular weight excluding hydrogens is 245 g/mol.